The molecule has 1 N–H and O–H groups in total. The van der Waals surface area contributed by atoms with Gasteiger partial charge in [0, 0.05) is 16.7 Å². The molecule has 4 aromatic rings. The van der Waals surface area contributed by atoms with Gasteiger partial charge in [-0.25, -0.2) is 9.36 Å². The number of nitro groups is 1. The number of rotatable bonds is 9. The number of benzene rings is 2. The average molecular weight is 513 g/mol. The van der Waals surface area contributed by atoms with E-state index in [0.717, 1.165) is 4.47 Å². The molecule has 2 heterocycles. The lowest BCUT2D eigenvalue weighted by molar-refractivity contribution is -0.386. The van der Waals surface area contributed by atoms with Crippen LogP contribution in [0, 0.1) is 10.1 Å². The van der Waals surface area contributed by atoms with Crippen LogP contribution in [0.1, 0.15) is 10.5 Å². The van der Waals surface area contributed by atoms with E-state index in [2.05, 4.69) is 31.4 Å². The SMILES string of the molecule is O=C(Nc1cnn(COc2ccc(Br)cc2)c1)c1ccn(COc2ccccc2[N+](=O)[O-])n1. The minimum atomic E-state index is -0.526. The summed E-state index contributed by atoms with van der Waals surface area (Å²) in [7, 11) is 0. The van der Waals surface area contributed by atoms with Gasteiger partial charge in [-0.05, 0) is 36.4 Å². The molecule has 0 saturated carbocycles. The predicted octanol–water partition coefficient (Wildman–Crippen LogP) is 4.08. The number of carbonyl (C=O) groups excluding carboxylic acids is 1. The van der Waals surface area contributed by atoms with Crippen LogP contribution in [0.25, 0.3) is 0 Å². The fourth-order valence-corrected chi connectivity index (χ4v) is 3.05. The first-order valence-electron chi connectivity index (χ1n) is 9.60. The monoisotopic (exact) mass is 512 g/mol. The molecule has 11 nitrogen and oxygen atoms in total. The molecular formula is C21H17BrN6O5. The van der Waals surface area contributed by atoms with Crippen LogP contribution in [0.2, 0.25) is 0 Å². The van der Waals surface area contributed by atoms with Gasteiger partial charge in [0.1, 0.15) is 5.75 Å². The minimum absolute atomic E-state index is 0.0938. The summed E-state index contributed by atoms with van der Waals surface area (Å²) in [5, 5.41) is 22.1. The summed E-state index contributed by atoms with van der Waals surface area (Å²) in [5.41, 5.74) is 0.480. The van der Waals surface area contributed by atoms with E-state index in [1.54, 1.807) is 24.5 Å². The first-order valence-corrected chi connectivity index (χ1v) is 10.4. The summed E-state index contributed by atoms with van der Waals surface area (Å²) in [4.78, 5) is 23.0. The van der Waals surface area contributed by atoms with Crippen LogP contribution >= 0.6 is 15.9 Å². The van der Waals surface area contributed by atoms with Crippen molar-refractivity contribution in [2.75, 3.05) is 5.32 Å². The maximum Gasteiger partial charge on any atom is 0.311 e. The molecule has 2 aromatic heterocycles. The van der Waals surface area contributed by atoms with Crippen molar-refractivity contribution < 1.29 is 19.2 Å². The topological polar surface area (TPSA) is 126 Å². The average Bonchev–Trinajstić information content (AvgIpc) is 3.47. The number of nitrogens with one attached hydrogen (secondary N) is 1. The van der Waals surface area contributed by atoms with Crippen LogP contribution < -0.4 is 14.8 Å². The van der Waals surface area contributed by atoms with E-state index in [-0.39, 0.29) is 30.6 Å². The molecule has 1 amide bonds. The Bertz CT molecular complexity index is 1270. The second kappa shape index (κ2) is 9.96. The van der Waals surface area contributed by atoms with Crippen molar-refractivity contribution in [2.45, 2.75) is 13.5 Å². The lowest BCUT2D eigenvalue weighted by atomic mass is 10.3. The molecule has 0 unspecified atom stereocenters. The zero-order valence-corrected chi connectivity index (χ0v) is 18.6. The largest absolute Gasteiger partial charge is 0.471 e. The molecule has 0 aliphatic rings. The lowest BCUT2D eigenvalue weighted by Crippen LogP contribution is -2.14. The van der Waals surface area contributed by atoms with Crippen LogP contribution in [0.4, 0.5) is 11.4 Å². The smallest absolute Gasteiger partial charge is 0.311 e. The van der Waals surface area contributed by atoms with E-state index in [0.29, 0.717) is 11.4 Å². The van der Waals surface area contributed by atoms with Crippen molar-refractivity contribution in [1.29, 1.82) is 0 Å². The van der Waals surface area contributed by atoms with Crippen LogP contribution in [0.3, 0.4) is 0 Å². The maximum atomic E-state index is 12.5. The number of hydrogen-bond donors (Lipinski definition) is 1. The van der Waals surface area contributed by atoms with Crippen molar-refractivity contribution >= 4 is 33.2 Å². The maximum absolute atomic E-state index is 12.5. The van der Waals surface area contributed by atoms with E-state index in [4.69, 9.17) is 9.47 Å². The Morgan fingerprint density at radius 1 is 1.06 bits per heavy atom. The molecule has 0 aliphatic heterocycles. The Morgan fingerprint density at radius 3 is 2.61 bits per heavy atom. The molecule has 0 atom stereocenters. The molecule has 33 heavy (non-hydrogen) atoms. The standard InChI is InChI=1S/C21H17BrN6O5/c22-15-5-7-17(8-6-15)32-14-27-12-16(11-23-27)24-21(29)18-9-10-26(25-18)13-33-20-4-2-1-3-19(20)28(30)31/h1-12H,13-14H2,(H,24,29). The molecule has 0 radical (unpaired) electrons. The van der Waals surface area contributed by atoms with Gasteiger partial charge in [-0.1, -0.05) is 28.1 Å². The zero-order chi connectivity index (χ0) is 23.2. The first kappa shape index (κ1) is 22.0. The lowest BCUT2D eigenvalue weighted by Gasteiger charge is -2.06. The molecule has 0 aliphatic carbocycles. The summed E-state index contributed by atoms with van der Waals surface area (Å²) < 4.78 is 15.0. The molecule has 0 bridgehead atoms. The number of amides is 1. The van der Waals surface area contributed by atoms with E-state index >= 15 is 0 Å². The Hall–Kier alpha value is -4.19. The van der Waals surface area contributed by atoms with E-state index in [1.807, 2.05) is 24.3 Å². The molecule has 4 rings (SSSR count). The van der Waals surface area contributed by atoms with Crippen molar-refractivity contribution in [3.8, 4) is 11.5 Å². The third-order valence-corrected chi connectivity index (χ3v) is 4.88. The summed E-state index contributed by atoms with van der Waals surface area (Å²) in [6, 6.07) is 14.9. The number of nitrogens with zero attached hydrogens (tertiary/aromatic N) is 5. The van der Waals surface area contributed by atoms with Gasteiger partial charge in [-0.3, -0.25) is 14.9 Å². The number of para-hydroxylation sites is 2. The fourth-order valence-electron chi connectivity index (χ4n) is 2.79. The molecular weight excluding hydrogens is 496 g/mol. The number of halogens is 1. The summed E-state index contributed by atoms with van der Waals surface area (Å²) >= 11 is 3.36. The Balaban J connectivity index is 1.31. The highest BCUT2D eigenvalue weighted by molar-refractivity contribution is 9.10. The third-order valence-electron chi connectivity index (χ3n) is 4.36. The van der Waals surface area contributed by atoms with Crippen molar-refractivity contribution in [3.05, 3.63) is 93.5 Å². The normalized spacial score (nSPS) is 10.6. The number of aromatic nitrogens is 4. The van der Waals surface area contributed by atoms with Crippen LogP contribution in [0.15, 0.2) is 77.7 Å². The van der Waals surface area contributed by atoms with Crippen LogP contribution in [0.5, 0.6) is 11.5 Å². The van der Waals surface area contributed by atoms with Gasteiger partial charge in [0.15, 0.2) is 24.9 Å². The molecule has 168 valence electrons. The van der Waals surface area contributed by atoms with Gasteiger partial charge in [-0.2, -0.15) is 10.2 Å². The summed E-state index contributed by atoms with van der Waals surface area (Å²) in [5.74, 6) is 0.363. The molecule has 0 saturated heterocycles. The van der Waals surface area contributed by atoms with Gasteiger partial charge < -0.3 is 14.8 Å². The summed E-state index contributed by atoms with van der Waals surface area (Å²) in [6.07, 6.45) is 4.67. The Morgan fingerprint density at radius 2 is 1.82 bits per heavy atom. The van der Waals surface area contributed by atoms with Crippen molar-refractivity contribution in [1.82, 2.24) is 19.6 Å². The highest BCUT2D eigenvalue weighted by Gasteiger charge is 2.15. The number of hydrogen-bond acceptors (Lipinski definition) is 7. The highest BCUT2D eigenvalue weighted by atomic mass is 79.9. The number of anilines is 1. The molecule has 12 heteroatoms. The second-order valence-corrected chi connectivity index (χ2v) is 7.60. The quantitative estimate of drug-likeness (QED) is 0.264. The Kier molecular flexibility index (Phi) is 6.64. The summed E-state index contributed by atoms with van der Waals surface area (Å²) in [6.45, 7) is 0.0819. The zero-order valence-electron chi connectivity index (χ0n) is 17.0. The number of ether oxygens (including phenoxy) is 2. The fraction of sp³-hybridized carbons (Fsp3) is 0.0952. The third kappa shape index (κ3) is 5.74. The van der Waals surface area contributed by atoms with E-state index < -0.39 is 10.8 Å². The van der Waals surface area contributed by atoms with E-state index in [1.165, 1.54) is 33.8 Å². The van der Waals surface area contributed by atoms with Crippen molar-refractivity contribution in [2.24, 2.45) is 0 Å². The van der Waals surface area contributed by atoms with Gasteiger partial charge in [-0.15, -0.1) is 0 Å². The van der Waals surface area contributed by atoms with Gasteiger partial charge in [0.05, 0.1) is 23.0 Å². The Labute approximate surface area is 195 Å². The van der Waals surface area contributed by atoms with Gasteiger partial charge >= 0.3 is 5.69 Å². The number of carbonyl (C=O) groups is 1. The molecule has 2 aromatic carbocycles. The molecule has 0 spiro atoms. The van der Waals surface area contributed by atoms with Gasteiger partial charge in [0.2, 0.25) is 0 Å². The first-order chi connectivity index (χ1) is 16.0. The molecule has 0 fully saturated rings. The van der Waals surface area contributed by atoms with Crippen LogP contribution in [-0.2, 0) is 13.5 Å². The minimum Gasteiger partial charge on any atom is -0.471 e. The van der Waals surface area contributed by atoms with Gasteiger partial charge in [0.25, 0.3) is 5.91 Å². The van der Waals surface area contributed by atoms with Crippen LogP contribution in [-0.4, -0.2) is 30.4 Å². The van der Waals surface area contributed by atoms with Crippen molar-refractivity contribution in [3.63, 3.8) is 0 Å². The second-order valence-electron chi connectivity index (χ2n) is 6.69. The van der Waals surface area contributed by atoms with E-state index in [9.17, 15) is 14.9 Å². The predicted molar refractivity (Wildman–Crippen MR) is 121 cm³/mol. The number of nitro benzene ring substituents is 1. The highest BCUT2D eigenvalue weighted by Crippen LogP contribution is 2.26.